The molecule has 16 nitrogen and oxygen atoms in total. The summed E-state index contributed by atoms with van der Waals surface area (Å²) >= 11 is 0. The number of carboxylic acid groups (broad SMARTS) is 1. The Bertz CT molecular complexity index is 1310. The maximum atomic E-state index is 12.1. The topological polar surface area (TPSA) is 244 Å². The zero-order chi connectivity index (χ0) is 28.3. The number of carboxylic acids is 1. The summed E-state index contributed by atoms with van der Waals surface area (Å²) in [6.45, 7) is 1.31. The van der Waals surface area contributed by atoms with Gasteiger partial charge in [0, 0.05) is 26.2 Å². The number of nitrogens with one attached hydrogen (secondary N) is 3. The molecule has 0 atom stereocenters. The van der Waals surface area contributed by atoms with Gasteiger partial charge in [0.15, 0.2) is 0 Å². The van der Waals surface area contributed by atoms with Gasteiger partial charge in [0.2, 0.25) is 27.9 Å². The van der Waals surface area contributed by atoms with Crippen molar-refractivity contribution in [3.8, 4) is 0 Å². The third-order valence-electron chi connectivity index (χ3n) is 4.91. The normalized spacial score (nSPS) is 11.8. The highest BCUT2D eigenvalue weighted by atomic mass is 32.2. The minimum atomic E-state index is -4.66. The van der Waals surface area contributed by atoms with Crippen LogP contribution in [0.15, 0.2) is 23.1 Å². The van der Waals surface area contributed by atoms with Gasteiger partial charge in [-0.2, -0.15) is 23.4 Å². The van der Waals surface area contributed by atoms with E-state index in [1.54, 1.807) is 0 Å². The Morgan fingerprint density at radius 2 is 1.71 bits per heavy atom. The fourth-order valence-corrected chi connectivity index (χ4v) is 4.80. The molecular formula is C20H31N7O9S2. The predicted octanol–water partition coefficient (Wildman–Crippen LogP) is -0.517. The number of nitrogens with zero attached hydrogens (tertiary/aromatic N) is 4. The number of benzene rings is 1. The first-order valence-corrected chi connectivity index (χ1v) is 14.5. The van der Waals surface area contributed by atoms with Crippen molar-refractivity contribution >= 4 is 49.6 Å². The summed E-state index contributed by atoms with van der Waals surface area (Å²) in [6, 6.07) is 2.78. The molecule has 0 spiro atoms. The summed E-state index contributed by atoms with van der Waals surface area (Å²) in [6.07, 6.45) is 1.20. The van der Waals surface area contributed by atoms with E-state index in [2.05, 4.69) is 30.3 Å². The van der Waals surface area contributed by atoms with Crippen molar-refractivity contribution in [2.75, 3.05) is 60.7 Å². The molecule has 7 N–H and O–H groups in total. The Labute approximate surface area is 220 Å². The molecule has 0 amide bonds. The first kappa shape index (κ1) is 31.1. The molecule has 0 aliphatic heterocycles. The van der Waals surface area contributed by atoms with Crippen LogP contribution in [0.1, 0.15) is 30.1 Å². The molecule has 2 rings (SSSR count). The van der Waals surface area contributed by atoms with Crippen LogP contribution < -0.4 is 20.3 Å². The van der Waals surface area contributed by atoms with Gasteiger partial charge in [0.05, 0.1) is 35.1 Å². The van der Waals surface area contributed by atoms with Gasteiger partial charge < -0.3 is 30.9 Å². The van der Waals surface area contributed by atoms with Gasteiger partial charge in [-0.1, -0.05) is 13.3 Å². The number of hydrogen-bond donors (Lipinski definition) is 7. The van der Waals surface area contributed by atoms with Crippen LogP contribution in [-0.4, -0.2) is 103 Å². The number of unbranched alkanes of at least 4 members (excludes halogenated alkanes) is 1. The monoisotopic (exact) mass is 577 g/mol. The van der Waals surface area contributed by atoms with Gasteiger partial charge in [-0.25, -0.2) is 17.9 Å². The SMILES string of the molecule is CCCCS(=O)(=O)NCCN(CCO)c1nc(NCCO)nc(Nc2cc(S(=O)(=O)O)ccc2C(=O)O)n1. The van der Waals surface area contributed by atoms with Crippen molar-refractivity contribution in [1.29, 1.82) is 0 Å². The number of aromatic carboxylic acids is 1. The smallest absolute Gasteiger partial charge is 0.337 e. The summed E-state index contributed by atoms with van der Waals surface area (Å²) in [5.41, 5.74) is -0.604. The van der Waals surface area contributed by atoms with E-state index in [1.165, 1.54) is 4.90 Å². The van der Waals surface area contributed by atoms with E-state index >= 15 is 0 Å². The number of aliphatic hydroxyl groups excluding tert-OH is 2. The zero-order valence-corrected chi connectivity index (χ0v) is 22.2. The molecule has 0 fully saturated rings. The minimum Gasteiger partial charge on any atom is -0.478 e. The Kier molecular flexibility index (Phi) is 11.5. The molecule has 18 heteroatoms. The molecule has 0 saturated heterocycles. The Morgan fingerprint density at radius 1 is 1.00 bits per heavy atom. The van der Waals surface area contributed by atoms with Crippen LogP contribution in [0.2, 0.25) is 0 Å². The zero-order valence-electron chi connectivity index (χ0n) is 20.5. The van der Waals surface area contributed by atoms with Crippen LogP contribution in [0.5, 0.6) is 0 Å². The van der Waals surface area contributed by atoms with E-state index in [0.717, 1.165) is 18.2 Å². The van der Waals surface area contributed by atoms with E-state index in [1.807, 2.05) is 6.92 Å². The van der Waals surface area contributed by atoms with Crippen LogP contribution in [0, 0.1) is 0 Å². The molecule has 1 heterocycles. The highest BCUT2D eigenvalue weighted by Gasteiger charge is 2.20. The molecule has 38 heavy (non-hydrogen) atoms. The van der Waals surface area contributed by atoms with E-state index in [4.69, 9.17) is 5.11 Å². The average molecular weight is 578 g/mol. The molecule has 212 valence electrons. The Morgan fingerprint density at radius 3 is 2.32 bits per heavy atom. The first-order valence-electron chi connectivity index (χ1n) is 11.5. The van der Waals surface area contributed by atoms with Gasteiger partial charge >= 0.3 is 5.97 Å². The largest absolute Gasteiger partial charge is 0.478 e. The summed E-state index contributed by atoms with van der Waals surface area (Å²) in [4.78, 5) is 25.1. The molecule has 0 aliphatic carbocycles. The van der Waals surface area contributed by atoms with Gasteiger partial charge in [0.25, 0.3) is 10.1 Å². The maximum Gasteiger partial charge on any atom is 0.337 e. The van der Waals surface area contributed by atoms with Crippen LogP contribution in [0.3, 0.4) is 0 Å². The minimum absolute atomic E-state index is 0.00179. The van der Waals surface area contributed by atoms with E-state index in [0.29, 0.717) is 12.8 Å². The second-order valence-electron chi connectivity index (χ2n) is 7.82. The van der Waals surface area contributed by atoms with E-state index in [-0.39, 0.29) is 74.2 Å². The number of hydrogen-bond acceptors (Lipinski definition) is 13. The molecule has 0 unspecified atom stereocenters. The second kappa shape index (κ2) is 14.1. The molecule has 0 saturated carbocycles. The van der Waals surface area contributed by atoms with Gasteiger partial charge in [-0.15, -0.1) is 0 Å². The Hall–Kier alpha value is -3.16. The van der Waals surface area contributed by atoms with Gasteiger partial charge in [-0.3, -0.25) is 4.55 Å². The number of sulfonamides is 1. The number of aromatic nitrogens is 3. The van der Waals surface area contributed by atoms with Crippen molar-refractivity contribution in [2.45, 2.75) is 24.7 Å². The van der Waals surface area contributed by atoms with E-state index in [9.17, 15) is 36.4 Å². The lowest BCUT2D eigenvalue weighted by Gasteiger charge is -2.23. The van der Waals surface area contributed by atoms with Crippen molar-refractivity contribution in [1.82, 2.24) is 19.7 Å². The van der Waals surface area contributed by atoms with E-state index < -0.39 is 31.0 Å². The van der Waals surface area contributed by atoms with Crippen LogP contribution in [0.4, 0.5) is 23.5 Å². The van der Waals surface area contributed by atoms with Gasteiger partial charge in [-0.05, 0) is 24.6 Å². The average Bonchev–Trinajstić information content (AvgIpc) is 2.85. The fraction of sp³-hybridized carbons (Fsp3) is 0.500. The molecular weight excluding hydrogens is 546 g/mol. The third kappa shape index (κ3) is 9.62. The van der Waals surface area contributed by atoms with Crippen molar-refractivity contribution < 1.29 is 41.5 Å². The lowest BCUT2D eigenvalue weighted by molar-refractivity contribution is 0.0697. The van der Waals surface area contributed by atoms with Crippen LogP contribution in [-0.2, 0) is 20.1 Å². The van der Waals surface area contributed by atoms with Crippen molar-refractivity contribution in [2.24, 2.45) is 0 Å². The molecule has 0 bridgehead atoms. The van der Waals surface area contributed by atoms with Crippen molar-refractivity contribution in [3.05, 3.63) is 23.8 Å². The molecule has 1 aromatic carbocycles. The lowest BCUT2D eigenvalue weighted by atomic mass is 10.2. The van der Waals surface area contributed by atoms with Gasteiger partial charge in [0.1, 0.15) is 0 Å². The number of aliphatic hydroxyl groups is 2. The highest BCUT2D eigenvalue weighted by molar-refractivity contribution is 7.89. The molecule has 1 aromatic heterocycles. The standard InChI is InChI=1S/C20H31N7O9S2/c1-2-3-12-37(32,33)22-6-8-27(9-11-29)20-25-18(21-7-10-28)24-19(26-20)23-16-13-14(38(34,35)36)4-5-15(16)17(30)31/h4-5,13,22,28-29H,2-3,6-12H2,1H3,(H,30,31)(H,34,35,36)(H2,21,23,24,25,26). The summed E-state index contributed by atoms with van der Waals surface area (Å²) in [5.74, 6) is -1.77. The molecule has 2 aromatic rings. The van der Waals surface area contributed by atoms with Crippen molar-refractivity contribution in [3.63, 3.8) is 0 Å². The molecule has 0 radical (unpaired) electrons. The quantitative estimate of drug-likeness (QED) is 0.117. The highest BCUT2D eigenvalue weighted by Crippen LogP contribution is 2.25. The number of rotatable bonds is 17. The third-order valence-corrected chi connectivity index (χ3v) is 7.23. The van der Waals surface area contributed by atoms with Crippen LogP contribution >= 0.6 is 0 Å². The number of anilines is 4. The maximum absolute atomic E-state index is 12.1. The molecule has 0 aliphatic rings. The Balaban J connectivity index is 2.43. The predicted molar refractivity (Wildman–Crippen MR) is 138 cm³/mol. The summed E-state index contributed by atoms with van der Waals surface area (Å²) in [5, 5.41) is 33.5. The first-order chi connectivity index (χ1) is 17.9. The summed E-state index contributed by atoms with van der Waals surface area (Å²) in [7, 11) is -8.16. The fourth-order valence-electron chi connectivity index (χ4n) is 3.08. The summed E-state index contributed by atoms with van der Waals surface area (Å²) < 4.78 is 59.2. The van der Waals surface area contributed by atoms with Crippen LogP contribution in [0.25, 0.3) is 0 Å². The lowest BCUT2D eigenvalue weighted by Crippen LogP contribution is -2.38. The second-order valence-corrected chi connectivity index (χ2v) is 11.2. The number of carbonyl (C=O) groups is 1.